The normalized spacial score (nSPS) is 18.7. The molecule has 4 rings (SSSR count). The number of carbonyl (C=O) groups excluding carboxylic acids is 2. The number of aryl methyl sites for hydroxylation is 3. The largest absolute Gasteiger partial charge is 0.351 e. The number of fused-ring (bicyclic) bond motifs is 1. The highest BCUT2D eigenvalue weighted by Gasteiger charge is 2.31. The molecule has 1 unspecified atom stereocenters. The van der Waals surface area contributed by atoms with Crippen LogP contribution >= 0.6 is 0 Å². The molecular formula is C27H34FN3O2. The van der Waals surface area contributed by atoms with Crippen LogP contribution in [-0.4, -0.2) is 54.3 Å². The molecule has 0 saturated carbocycles. The third-order valence-electron chi connectivity index (χ3n) is 7.14. The minimum Gasteiger partial charge on any atom is -0.351 e. The highest BCUT2D eigenvalue weighted by Crippen LogP contribution is 2.26. The predicted octanol–water partition coefficient (Wildman–Crippen LogP) is 3.78. The van der Waals surface area contributed by atoms with Crippen molar-refractivity contribution in [1.82, 2.24) is 15.1 Å². The summed E-state index contributed by atoms with van der Waals surface area (Å²) in [4.78, 5) is 29.9. The third-order valence-corrected chi connectivity index (χ3v) is 7.14. The molecule has 0 bridgehead atoms. The van der Waals surface area contributed by atoms with Crippen LogP contribution in [0, 0.1) is 32.5 Å². The molecule has 1 atom stereocenters. The van der Waals surface area contributed by atoms with E-state index in [0.29, 0.717) is 30.8 Å². The van der Waals surface area contributed by atoms with Crippen molar-refractivity contribution >= 4 is 11.8 Å². The van der Waals surface area contributed by atoms with Gasteiger partial charge in [-0.25, -0.2) is 4.39 Å². The summed E-state index contributed by atoms with van der Waals surface area (Å²) >= 11 is 0. The van der Waals surface area contributed by atoms with Gasteiger partial charge in [0.1, 0.15) is 5.82 Å². The Hall–Kier alpha value is -2.73. The van der Waals surface area contributed by atoms with Crippen molar-refractivity contribution in [3.8, 4) is 0 Å². The Bertz CT molecular complexity index is 1050. The fraction of sp³-hybridized carbons (Fsp3) is 0.481. The first kappa shape index (κ1) is 23.4. The van der Waals surface area contributed by atoms with Crippen LogP contribution in [-0.2, 0) is 17.8 Å². The van der Waals surface area contributed by atoms with Crippen LogP contribution in [0.15, 0.2) is 30.3 Å². The molecule has 2 aliphatic heterocycles. The molecule has 33 heavy (non-hydrogen) atoms. The van der Waals surface area contributed by atoms with E-state index in [1.165, 1.54) is 28.3 Å². The first-order valence-electron chi connectivity index (χ1n) is 12.0. The van der Waals surface area contributed by atoms with E-state index in [4.69, 9.17) is 0 Å². The highest BCUT2D eigenvalue weighted by molar-refractivity contribution is 5.94. The lowest BCUT2D eigenvalue weighted by Gasteiger charge is -2.37. The minimum absolute atomic E-state index is 0.00809. The van der Waals surface area contributed by atoms with Crippen molar-refractivity contribution in [3.05, 3.63) is 69.5 Å². The zero-order valence-corrected chi connectivity index (χ0v) is 19.9. The Morgan fingerprint density at radius 3 is 2.55 bits per heavy atom. The van der Waals surface area contributed by atoms with Crippen molar-refractivity contribution in [2.75, 3.05) is 32.7 Å². The molecule has 1 saturated heterocycles. The van der Waals surface area contributed by atoms with Crippen molar-refractivity contribution in [2.24, 2.45) is 5.92 Å². The lowest BCUT2D eigenvalue weighted by atomic mass is 9.92. The highest BCUT2D eigenvalue weighted by atomic mass is 19.1. The van der Waals surface area contributed by atoms with E-state index in [9.17, 15) is 14.0 Å². The Labute approximate surface area is 196 Å². The monoisotopic (exact) mass is 451 g/mol. The van der Waals surface area contributed by atoms with E-state index in [2.05, 4.69) is 36.2 Å². The van der Waals surface area contributed by atoms with Crippen molar-refractivity contribution < 1.29 is 14.0 Å². The smallest absolute Gasteiger partial charge is 0.251 e. The maximum absolute atomic E-state index is 13.7. The summed E-state index contributed by atoms with van der Waals surface area (Å²) in [6.45, 7) is 10.3. The molecule has 176 valence electrons. The number of hydrogen-bond acceptors (Lipinski definition) is 3. The zero-order valence-electron chi connectivity index (χ0n) is 19.9. The van der Waals surface area contributed by atoms with E-state index >= 15 is 0 Å². The lowest BCUT2D eigenvalue weighted by molar-refractivity contribution is -0.138. The van der Waals surface area contributed by atoms with Gasteiger partial charge < -0.3 is 15.1 Å². The summed E-state index contributed by atoms with van der Waals surface area (Å²) in [5.74, 6) is -0.377. The maximum atomic E-state index is 13.7. The molecule has 1 N–H and O–H groups in total. The van der Waals surface area contributed by atoms with E-state index in [1.807, 2.05) is 4.90 Å². The van der Waals surface area contributed by atoms with Gasteiger partial charge in [-0.15, -0.1) is 0 Å². The number of nitrogens with one attached hydrogen (secondary N) is 1. The fourth-order valence-corrected chi connectivity index (χ4v) is 4.93. The summed E-state index contributed by atoms with van der Waals surface area (Å²) in [7, 11) is 0. The van der Waals surface area contributed by atoms with Crippen LogP contribution < -0.4 is 5.32 Å². The third kappa shape index (κ3) is 5.44. The number of hydrogen-bond donors (Lipinski definition) is 1. The molecule has 0 aromatic heterocycles. The van der Waals surface area contributed by atoms with Crippen LogP contribution in [0.1, 0.15) is 51.0 Å². The van der Waals surface area contributed by atoms with Gasteiger partial charge in [-0.2, -0.15) is 0 Å². The lowest BCUT2D eigenvalue weighted by Crippen LogP contribution is -2.47. The van der Waals surface area contributed by atoms with Gasteiger partial charge in [0.05, 0.1) is 5.92 Å². The number of likely N-dealkylation sites (tertiary alicyclic amines) is 1. The first-order chi connectivity index (χ1) is 15.8. The summed E-state index contributed by atoms with van der Waals surface area (Å²) in [5.41, 5.74) is 6.11. The predicted molar refractivity (Wildman–Crippen MR) is 128 cm³/mol. The molecule has 2 aliphatic rings. The first-order valence-corrected chi connectivity index (χ1v) is 12.0. The van der Waals surface area contributed by atoms with E-state index in [-0.39, 0.29) is 23.5 Å². The zero-order chi connectivity index (χ0) is 23.5. The van der Waals surface area contributed by atoms with Crippen LogP contribution in [0.25, 0.3) is 0 Å². The molecule has 2 amide bonds. The Morgan fingerprint density at radius 2 is 1.79 bits per heavy atom. The number of benzene rings is 2. The molecular weight excluding hydrogens is 417 g/mol. The Kier molecular flexibility index (Phi) is 7.13. The van der Waals surface area contributed by atoms with Gasteiger partial charge in [0.25, 0.3) is 5.91 Å². The van der Waals surface area contributed by atoms with Gasteiger partial charge in [0.15, 0.2) is 0 Å². The van der Waals surface area contributed by atoms with Crippen molar-refractivity contribution in [3.63, 3.8) is 0 Å². The average molecular weight is 452 g/mol. The average Bonchev–Trinajstić information content (AvgIpc) is 2.81. The molecule has 0 spiro atoms. The Morgan fingerprint density at radius 1 is 1.03 bits per heavy atom. The number of rotatable bonds is 5. The molecule has 2 heterocycles. The molecule has 5 nitrogen and oxygen atoms in total. The standard InChI is InChI=1S/C27H34FN3O2/c1-18-6-7-22(15-25(18)28)26(32)29-9-12-30-10-4-5-23(16-30)27(33)31-11-8-21-13-19(2)20(3)14-24(21)17-31/h6-7,13-15,23H,4-5,8-12,16-17H2,1-3H3,(H,29,32). The fourth-order valence-electron chi connectivity index (χ4n) is 4.93. The molecule has 2 aromatic carbocycles. The molecule has 0 aliphatic carbocycles. The topological polar surface area (TPSA) is 52.7 Å². The summed E-state index contributed by atoms with van der Waals surface area (Å²) in [5, 5.41) is 2.88. The number of carbonyl (C=O) groups is 2. The second kappa shape index (κ2) is 10.0. The van der Waals surface area contributed by atoms with Gasteiger partial charge >= 0.3 is 0 Å². The molecule has 6 heteroatoms. The molecule has 1 fully saturated rings. The molecule has 2 aromatic rings. The second-order valence-corrected chi connectivity index (χ2v) is 9.57. The van der Waals surface area contributed by atoms with Crippen LogP contribution in [0.2, 0.25) is 0 Å². The number of nitrogens with zero attached hydrogens (tertiary/aromatic N) is 2. The number of amides is 2. The quantitative estimate of drug-likeness (QED) is 0.753. The van der Waals surface area contributed by atoms with Crippen molar-refractivity contribution in [2.45, 2.75) is 46.6 Å². The van der Waals surface area contributed by atoms with E-state index in [0.717, 1.165) is 38.9 Å². The SMILES string of the molecule is Cc1cc2c(cc1C)CN(C(=O)C1CCCN(CCNC(=O)c3ccc(C)c(F)c3)C1)CC2. The van der Waals surface area contributed by atoms with Crippen molar-refractivity contribution in [1.29, 1.82) is 0 Å². The van der Waals surface area contributed by atoms with E-state index < -0.39 is 0 Å². The van der Waals surface area contributed by atoms with Crippen LogP contribution in [0.3, 0.4) is 0 Å². The molecule has 0 radical (unpaired) electrons. The van der Waals surface area contributed by atoms with Gasteiger partial charge in [0.2, 0.25) is 5.91 Å². The van der Waals surface area contributed by atoms with Gasteiger partial charge in [-0.1, -0.05) is 18.2 Å². The number of piperidine rings is 1. The van der Waals surface area contributed by atoms with Gasteiger partial charge in [-0.05, 0) is 86.5 Å². The van der Waals surface area contributed by atoms with Gasteiger partial charge in [-0.3, -0.25) is 9.59 Å². The second-order valence-electron chi connectivity index (χ2n) is 9.57. The minimum atomic E-state index is -0.370. The van der Waals surface area contributed by atoms with Crippen LogP contribution in [0.4, 0.5) is 4.39 Å². The summed E-state index contributed by atoms with van der Waals surface area (Å²) in [6, 6.07) is 9.04. The summed E-state index contributed by atoms with van der Waals surface area (Å²) < 4.78 is 13.7. The summed E-state index contributed by atoms with van der Waals surface area (Å²) in [6.07, 6.45) is 2.82. The Balaban J connectivity index is 1.28. The number of halogens is 1. The maximum Gasteiger partial charge on any atom is 0.251 e. The van der Waals surface area contributed by atoms with Gasteiger partial charge in [0, 0.05) is 38.3 Å². The van der Waals surface area contributed by atoms with E-state index in [1.54, 1.807) is 19.1 Å². The van der Waals surface area contributed by atoms with Crippen LogP contribution in [0.5, 0.6) is 0 Å².